The molecule has 134 valence electrons. The number of likely N-dealkylation sites (N-methyl/N-ethyl adjacent to an activating group) is 1. The van der Waals surface area contributed by atoms with Crippen LogP contribution in [0.1, 0.15) is 19.8 Å². The van der Waals surface area contributed by atoms with Crippen molar-refractivity contribution in [2.24, 2.45) is 5.92 Å². The third-order valence-electron chi connectivity index (χ3n) is 4.72. The highest BCUT2D eigenvalue weighted by Gasteiger charge is 2.19. The van der Waals surface area contributed by atoms with E-state index in [-0.39, 0.29) is 0 Å². The number of hydrogen-bond donors (Lipinski definition) is 1. The summed E-state index contributed by atoms with van der Waals surface area (Å²) in [5, 5.41) is 3.45. The topological polar surface area (TPSA) is 44.3 Å². The fourth-order valence-electron chi connectivity index (χ4n) is 3.04. The van der Waals surface area contributed by atoms with Crippen LogP contribution in [-0.2, 0) is 0 Å². The molecule has 1 aliphatic heterocycles. The third-order valence-corrected chi connectivity index (χ3v) is 4.72. The Morgan fingerprint density at radius 3 is 2.52 bits per heavy atom. The largest absolute Gasteiger partial charge is 0.369 e. The van der Waals surface area contributed by atoms with E-state index in [0.717, 1.165) is 55.1 Å². The molecule has 0 unspecified atom stereocenters. The number of rotatable bonds is 6. The molecule has 1 aromatic carbocycles. The van der Waals surface area contributed by atoms with Gasteiger partial charge in [0.2, 0.25) is 5.95 Å². The van der Waals surface area contributed by atoms with Gasteiger partial charge in [-0.25, -0.2) is 4.98 Å². The number of benzene rings is 1. The van der Waals surface area contributed by atoms with Gasteiger partial charge in [0.15, 0.2) is 0 Å². The first kappa shape index (κ1) is 17.7. The Labute approximate surface area is 151 Å². The van der Waals surface area contributed by atoms with Gasteiger partial charge in [-0.15, -0.1) is 0 Å². The molecule has 1 fully saturated rings. The van der Waals surface area contributed by atoms with Crippen molar-refractivity contribution >= 4 is 11.8 Å². The highest BCUT2D eigenvalue weighted by atomic mass is 15.3. The maximum absolute atomic E-state index is 4.86. The van der Waals surface area contributed by atoms with Gasteiger partial charge in [-0.2, -0.15) is 4.98 Å². The lowest BCUT2D eigenvalue weighted by atomic mass is 10.00. The third kappa shape index (κ3) is 4.92. The molecule has 0 spiro atoms. The minimum Gasteiger partial charge on any atom is -0.369 e. The average Bonchev–Trinajstić information content (AvgIpc) is 2.62. The monoisotopic (exact) mass is 339 g/mol. The van der Waals surface area contributed by atoms with Crippen LogP contribution in [0.15, 0.2) is 36.4 Å². The molecule has 2 heterocycles. The lowest BCUT2D eigenvalue weighted by molar-refractivity contribution is 0.425. The average molecular weight is 339 g/mol. The van der Waals surface area contributed by atoms with E-state index in [0.29, 0.717) is 0 Å². The maximum atomic E-state index is 4.86. The van der Waals surface area contributed by atoms with Crippen molar-refractivity contribution in [2.45, 2.75) is 19.8 Å². The first-order chi connectivity index (χ1) is 12.1. The number of hydrogen-bond acceptors (Lipinski definition) is 5. The van der Waals surface area contributed by atoms with Gasteiger partial charge in [0.25, 0.3) is 0 Å². The van der Waals surface area contributed by atoms with E-state index in [1.165, 1.54) is 12.8 Å². The quantitative estimate of drug-likeness (QED) is 0.874. The standard InChI is InChI=1S/C20H29N5/c1-16-9-12-25(13-10-16)20-22-18(17-7-5-4-6-8-17)15-19(23-20)21-11-14-24(2)3/h4-8,15-16H,9-14H2,1-3H3,(H,21,22,23). The Balaban J connectivity index is 1.85. The molecular formula is C20H29N5. The van der Waals surface area contributed by atoms with Crippen LogP contribution < -0.4 is 10.2 Å². The van der Waals surface area contributed by atoms with Gasteiger partial charge in [0, 0.05) is 37.8 Å². The summed E-state index contributed by atoms with van der Waals surface area (Å²) in [5.74, 6) is 2.55. The highest BCUT2D eigenvalue weighted by Crippen LogP contribution is 2.25. The van der Waals surface area contributed by atoms with Gasteiger partial charge in [-0.3, -0.25) is 0 Å². The molecule has 1 saturated heterocycles. The fourth-order valence-corrected chi connectivity index (χ4v) is 3.04. The molecule has 0 saturated carbocycles. The Bertz CT molecular complexity index is 663. The Hall–Kier alpha value is -2.14. The summed E-state index contributed by atoms with van der Waals surface area (Å²) >= 11 is 0. The van der Waals surface area contributed by atoms with Gasteiger partial charge in [-0.1, -0.05) is 37.3 Å². The smallest absolute Gasteiger partial charge is 0.227 e. The molecule has 2 aromatic rings. The molecular weight excluding hydrogens is 310 g/mol. The van der Waals surface area contributed by atoms with Gasteiger partial charge in [-0.05, 0) is 32.9 Å². The fraction of sp³-hybridized carbons (Fsp3) is 0.500. The van der Waals surface area contributed by atoms with Crippen LogP contribution in [0.4, 0.5) is 11.8 Å². The van der Waals surface area contributed by atoms with E-state index in [4.69, 9.17) is 9.97 Å². The van der Waals surface area contributed by atoms with Crippen LogP contribution in [0.25, 0.3) is 11.3 Å². The number of aromatic nitrogens is 2. The molecule has 0 radical (unpaired) electrons. The van der Waals surface area contributed by atoms with E-state index in [2.05, 4.69) is 66.5 Å². The number of nitrogens with zero attached hydrogens (tertiary/aromatic N) is 4. The van der Waals surface area contributed by atoms with Crippen LogP contribution >= 0.6 is 0 Å². The summed E-state index contributed by atoms with van der Waals surface area (Å²) in [5.41, 5.74) is 2.11. The maximum Gasteiger partial charge on any atom is 0.227 e. The summed E-state index contributed by atoms with van der Waals surface area (Å²) in [7, 11) is 4.16. The lowest BCUT2D eigenvalue weighted by Crippen LogP contribution is -2.34. The van der Waals surface area contributed by atoms with E-state index in [1.54, 1.807) is 0 Å². The van der Waals surface area contributed by atoms with E-state index >= 15 is 0 Å². The molecule has 25 heavy (non-hydrogen) atoms. The van der Waals surface area contributed by atoms with E-state index in [9.17, 15) is 0 Å². The van der Waals surface area contributed by atoms with Gasteiger partial charge < -0.3 is 15.1 Å². The molecule has 0 amide bonds. The number of piperidine rings is 1. The van der Waals surface area contributed by atoms with Crippen LogP contribution in [0.3, 0.4) is 0 Å². The summed E-state index contributed by atoms with van der Waals surface area (Å²) in [6.45, 7) is 6.25. The Morgan fingerprint density at radius 2 is 1.84 bits per heavy atom. The summed E-state index contributed by atoms with van der Waals surface area (Å²) in [6, 6.07) is 12.4. The molecule has 3 rings (SSSR count). The molecule has 0 atom stereocenters. The van der Waals surface area contributed by atoms with Crippen molar-refractivity contribution in [3.05, 3.63) is 36.4 Å². The SMILES string of the molecule is CC1CCN(c2nc(NCCN(C)C)cc(-c3ccccc3)n2)CC1. The van der Waals surface area contributed by atoms with Crippen molar-refractivity contribution in [1.29, 1.82) is 0 Å². The predicted octanol–water partition coefficient (Wildman–Crippen LogP) is 3.35. The van der Waals surface area contributed by atoms with Crippen molar-refractivity contribution in [2.75, 3.05) is 50.5 Å². The zero-order valence-electron chi connectivity index (χ0n) is 15.6. The van der Waals surface area contributed by atoms with Crippen molar-refractivity contribution in [1.82, 2.24) is 14.9 Å². The second kappa shape index (κ2) is 8.30. The first-order valence-corrected chi connectivity index (χ1v) is 9.20. The van der Waals surface area contributed by atoms with Gasteiger partial charge >= 0.3 is 0 Å². The molecule has 5 nitrogen and oxygen atoms in total. The number of nitrogens with one attached hydrogen (secondary N) is 1. The molecule has 1 aliphatic rings. The number of anilines is 2. The van der Waals surface area contributed by atoms with Gasteiger partial charge in [0.05, 0.1) is 5.69 Å². The zero-order chi connectivity index (χ0) is 17.6. The minimum atomic E-state index is 0.797. The van der Waals surface area contributed by atoms with E-state index in [1.807, 2.05) is 6.07 Å². The Kier molecular flexibility index (Phi) is 5.87. The molecule has 0 bridgehead atoms. The summed E-state index contributed by atoms with van der Waals surface area (Å²) in [6.07, 6.45) is 2.42. The van der Waals surface area contributed by atoms with Crippen LogP contribution in [0, 0.1) is 5.92 Å². The normalized spacial score (nSPS) is 15.6. The second-order valence-electron chi connectivity index (χ2n) is 7.20. The van der Waals surface area contributed by atoms with E-state index < -0.39 is 0 Å². The summed E-state index contributed by atoms with van der Waals surface area (Å²) < 4.78 is 0. The minimum absolute atomic E-state index is 0.797. The molecule has 5 heteroatoms. The van der Waals surface area contributed by atoms with Crippen molar-refractivity contribution in [3.63, 3.8) is 0 Å². The molecule has 1 N–H and O–H groups in total. The van der Waals surface area contributed by atoms with Crippen LogP contribution in [-0.4, -0.2) is 55.1 Å². The molecule has 1 aromatic heterocycles. The van der Waals surface area contributed by atoms with Crippen molar-refractivity contribution < 1.29 is 0 Å². The van der Waals surface area contributed by atoms with Crippen LogP contribution in [0.5, 0.6) is 0 Å². The Morgan fingerprint density at radius 1 is 1.12 bits per heavy atom. The summed E-state index contributed by atoms with van der Waals surface area (Å²) in [4.78, 5) is 14.1. The predicted molar refractivity (Wildman–Crippen MR) is 105 cm³/mol. The molecule has 0 aliphatic carbocycles. The van der Waals surface area contributed by atoms with Crippen LogP contribution in [0.2, 0.25) is 0 Å². The lowest BCUT2D eigenvalue weighted by Gasteiger charge is -2.30. The zero-order valence-corrected chi connectivity index (χ0v) is 15.6. The van der Waals surface area contributed by atoms with Crippen molar-refractivity contribution in [3.8, 4) is 11.3 Å². The second-order valence-corrected chi connectivity index (χ2v) is 7.20. The first-order valence-electron chi connectivity index (χ1n) is 9.20. The van der Waals surface area contributed by atoms with Gasteiger partial charge in [0.1, 0.15) is 5.82 Å². The highest BCUT2D eigenvalue weighted by molar-refractivity contribution is 5.64.